The van der Waals surface area contributed by atoms with Crippen LogP contribution in [-0.2, 0) is 18.4 Å². The fourth-order valence-electron chi connectivity index (χ4n) is 2.76. The predicted octanol–water partition coefficient (Wildman–Crippen LogP) is 2.96. The topological polar surface area (TPSA) is 56.0 Å². The van der Waals surface area contributed by atoms with Gasteiger partial charge in [0.2, 0.25) is 0 Å². The highest BCUT2D eigenvalue weighted by molar-refractivity contribution is 6.31. The monoisotopic (exact) mass is 333 g/mol. The fraction of sp³-hybridized carbons (Fsp3) is 0.438. The van der Waals surface area contributed by atoms with E-state index in [0.29, 0.717) is 16.6 Å². The van der Waals surface area contributed by atoms with Crippen LogP contribution in [0.5, 0.6) is 0 Å². The van der Waals surface area contributed by atoms with Crippen molar-refractivity contribution in [2.45, 2.75) is 32.4 Å². The minimum atomic E-state index is -0.198. The first-order valence-corrected chi connectivity index (χ1v) is 8.04. The van der Waals surface area contributed by atoms with Crippen LogP contribution in [0.25, 0.3) is 0 Å². The summed E-state index contributed by atoms with van der Waals surface area (Å²) in [6.45, 7) is 6.03. The maximum Gasteiger partial charge on any atom is 0.251 e. The number of amides is 1. The van der Waals surface area contributed by atoms with Crippen molar-refractivity contribution in [3.05, 3.63) is 41.8 Å². The third-order valence-electron chi connectivity index (χ3n) is 4.22. The molecule has 1 aliphatic carbocycles. The molecule has 1 fully saturated rings. The molecule has 2 aromatic heterocycles. The number of rotatable bonds is 6. The van der Waals surface area contributed by atoms with Gasteiger partial charge in [-0.1, -0.05) is 18.2 Å². The van der Waals surface area contributed by atoms with Gasteiger partial charge in [0.05, 0.1) is 23.8 Å². The van der Waals surface area contributed by atoms with Gasteiger partial charge < -0.3 is 0 Å². The molecule has 23 heavy (non-hydrogen) atoms. The normalized spacial score (nSPS) is 15.4. The first-order chi connectivity index (χ1) is 11.0. The Kier molecular flexibility index (Phi) is 4.26. The third kappa shape index (κ3) is 3.17. The first kappa shape index (κ1) is 15.8. The van der Waals surface area contributed by atoms with Gasteiger partial charge in [-0.05, 0) is 31.8 Å². The van der Waals surface area contributed by atoms with Crippen LogP contribution in [0.15, 0.2) is 31.1 Å². The molecule has 0 N–H and O–H groups in total. The summed E-state index contributed by atoms with van der Waals surface area (Å²) in [6.07, 6.45) is 7.16. The largest absolute Gasteiger partial charge is 0.287 e. The molecule has 1 atom stereocenters. The van der Waals surface area contributed by atoms with Crippen LogP contribution in [0.3, 0.4) is 0 Å². The van der Waals surface area contributed by atoms with E-state index in [1.807, 2.05) is 10.7 Å². The molecular weight excluding hydrogens is 314 g/mol. The van der Waals surface area contributed by atoms with Crippen LogP contribution in [0.1, 0.15) is 31.5 Å². The Morgan fingerprint density at radius 2 is 2.35 bits per heavy atom. The van der Waals surface area contributed by atoms with Gasteiger partial charge >= 0.3 is 0 Å². The van der Waals surface area contributed by atoms with Crippen molar-refractivity contribution in [2.75, 3.05) is 4.90 Å². The van der Waals surface area contributed by atoms with Crippen molar-refractivity contribution in [1.82, 2.24) is 19.6 Å². The second-order valence-corrected chi connectivity index (χ2v) is 6.35. The van der Waals surface area contributed by atoms with Crippen LogP contribution >= 0.6 is 11.6 Å². The molecule has 2 heterocycles. The minimum absolute atomic E-state index is 0.198. The van der Waals surface area contributed by atoms with Gasteiger partial charge in [-0.3, -0.25) is 14.4 Å². The van der Waals surface area contributed by atoms with Crippen LogP contribution in [-0.4, -0.2) is 25.5 Å². The van der Waals surface area contributed by atoms with E-state index in [2.05, 4.69) is 23.7 Å². The molecule has 0 bridgehead atoms. The van der Waals surface area contributed by atoms with E-state index in [1.54, 1.807) is 29.0 Å². The Hall–Kier alpha value is -2.08. The molecule has 1 amide bonds. The Morgan fingerprint density at radius 1 is 1.61 bits per heavy atom. The number of aryl methyl sites for hydroxylation is 1. The highest BCUT2D eigenvalue weighted by atomic mass is 35.5. The first-order valence-electron chi connectivity index (χ1n) is 7.66. The Labute approximate surface area is 140 Å². The minimum Gasteiger partial charge on any atom is -0.287 e. The Morgan fingerprint density at radius 3 is 2.91 bits per heavy atom. The van der Waals surface area contributed by atoms with Crippen LogP contribution in [0, 0.1) is 5.92 Å². The van der Waals surface area contributed by atoms with E-state index in [9.17, 15) is 4.79 Å². The SMILES string of the molecule is C=CC(=O)N(Cc1nn(C)cc1Cl)c1ccnn1C(C)C1CC1. The lowest BCUT2D eigenvalue weighted by atomic mass is 10.2. The zero-order valence-electron chi connectivity index (χ0n) is 13.3. The lowest BCUT2D eigenvalue weighted by Gasteiger charge is -2.24. The number of hydrogen-bond donors (Lipinski definition) is 0. The molecule has 0 aromatic carbocycles. The van der Waals surface area contributed by atoms with Crippen molar-refractivity contribution in [2.24, 2.45) is 13.0 Å². The number of carbonyl (C=O) groups excluding carboxylic acids is 1. The molecule has 1 saturated carbocycles. The second-order valence-electron chi connectivity index (χ2n) is 5.94. The molecule has 0 aliphatic heterocycles. The van der Waals surface area contributed by atoms with Gasteiger partial charge in [0.15, 0.2) is 0 Å². The average Bonchev–Trinajstić information content (AvgIpc) is 3.18. The molecule has 6 nitrogen and oxygen atoms in total. The summed E-state index contributed by atoms with van der Waals surface area (Å²) in [4.78, 5) is 14.0. The summed E-state index contributed by atoms with van der Waals surface area (Å²) in [5, 5.41) is 9.28. The van der Waals surface area contributed by atoms with Crippen LogP contribution < -0.4 is 4.90 Å². The van der Waals surface area contributed by atoms with E-state index in [4.69, 9.17) is 11.6 Å². The summed E-state index contributed by atoms with van der Waals surface area (Å²) < 4.78 is 3.55. The van der Waals surface area contributed by atoms with E-state index in [-0.39, 0.29) is 18.5 Å². The highest BCUT2D eigenvalue weighted by Gasteiger charge is 2.32. The van der Waals surface area contributed by atoms with Gasteiger partial charge in [0.1, 0.15) is 11.5 Å². The summed E-state index contributed by atoms with van der Waals surface area (Å²) in [6, 6.07) is 2.11. The van der Waals surface area contributed by atoms with E-state index < -0.39 is 0 Å². The van der Waals surface area contributed by atoms with E-state index in [0.717, 1.165) is 5.82 Å². The quantitative estimate of drug-likeness (QED) is 0.764. The van der Waals surface area contributed by atoms with Crippen molar-refractivity contribution < 1.29 is 4.79 Å². The number of halogens is 1. The molecule has 0 spiro atoms. The predicted molar refractivity (Wildman–Crippen MR) is 89.3 cm³/mol. The van der Waals surface area contributed by atoms with Crippen molar-refractivity contribution >= 4 is 23.3 Å². The molecule has 1 aliphatic rings. The fourth-order valence-corrected chi connectivity index (χ4v) is 3.00. The molecule has 3 rings (SSSR count). The van der Waals surface area contributed by atoms with E-state index in [1.165, 1.54) is 18.9 Å². The van der Waals surface area contributed by atoms with Crippen molar-refractivity contribution in [1.29, 1.82) is 0 Å². The molecule has 1 unspecified atom stereocenters. The van der Waals surface area contributed by atoms with E-state index >= 15 is 0 Å². The summed E-state index contributed by atoms with van der Waals surface area (Å²) in [7, 11) is 1.80. The van der Waals surface area contributed by atoms with Gasteiger partial charge in [-0.15, -0.1) is 0 Å². The van der Waals surface area contributed by atoms with Gasteiger partial charge in [-0.2, -0.15) is 10.2 Å². The summed E-state index contributed by atoms with van der Waals surface area (Å²) in [5.74, 6) is 1.18. The average molecular weight is 334 g/mol. The summed E-state index contributed by atoms with van der Waals surface area (Å²) in [5.41, 5.74) is 0.649. The number of anilines is 1. The van der Waals surface area contributed by atoms with Crippen LogP contribution in [0.4, 0.5) is 5.82 Å². The van der Waals surface area contributed by atoms with Crippen molar-refractivity contribution in [3.8, 4) is 0 Å². The van der Waals surface area contributed by atoms with Crippen molar-refractivity contribution in [3.63, 3.8) is 0 Å². The molecule has 2 aromatic rings. The number of carbonyl (C=O) groups is 1. The molecule has 0 saturated heterocycles. The molecule has 0 radical (unpaired) electrons. The summed E-state index contributed by atoms with van der Waals surface area (Å²) >= 11 is 6.19. The Balaban J connectivity index is 1.93. The third-order valence-corrected chi connectivity index (χ3v) is 4.53. The number of nitrogens with zero attached hydrogens (tertiary/aromatic N) is 5. The maximum absolute atomic E-state index is 12.4. The van der Waals surface area contributed by atoms with Crippen LogP contribution in [0.2, 0.25) is 5.02 Å². The lowest BCUT2D eigenvalue weighted by molar-refractivity contribution is -0.114. The maximum atomic E-state index is 12.4. The molecule has 122 valence electrons. The zero-order valence-corrected chi connectivity index (χ0v) is 14.1. The van der Waals surface area contributed by atoms with Gasteiger partial charge in [0.25, 0.3) is 5.91 Å². The number of hydrogen-bond acceptors (Lipinski definition) is 3. The number of aromatic nitrogens is 4. The molecular formula is C16H20ClN5O. The second kappa shape index (κ2) is 6.20. The smallest absolute Gasteiger partial charge is 0.251 e. The highest BCUT2D eigenvalue weighted by Crippen LogP contribution is 2.40. The Bertz CT molecular complexity index is 731. The molecule has 7 heteroatoms. The zero-order chi connectivity index (χ0) is 16.6. The standard InChI is InChI=1S/C16H20ClN5O/c1-4-16(23)21(10-14-13(17)9-20(3)19-14)15-7-8-18-22(15)11(2)12-5-6-12/h4,7-9,11-12H,1,5-6,10H2,2-3H3. The van der Waals surface area contributed by atoms with Gasteiger partial charge in [0, 0.05) is 19.3 Å². The lowest BCUT2D eigenvalue weighted by Crippen LogP contribution is -2.32. The van der Waals surface area contributed by atoms with Gasteiger partial charge in [-0.25, -0.2) is 4.68 Å².